The number of likely N-dealkylation sites (tertiary alicyclic amines) is 1. The number of benzene rings is 1. The Balaban J connectivity index is 1.52. The normalized spacial score (nSPS) is 21.0. The minimum absolute atomic E-state index is 0.0165. The summed E-state index contributed by atoms with van der Waals surface area (Å²) in [4.78, 5) is 30.9. The van der Waals surface area contributed by atoms with E-state index in [0.717, 1.165) is 25.1 Å². The zero-order chi connectivity index (χ0) is 18.4. The van der Waals surface area contributed by atoms with E-state index in [2.05, 4.69) is 4.90 Å². The van der Waals surface area contributed by atoms with Crippen LogP contribution in [0.2, 0.25) is 0 Å². The number of amides is 2. The molecule has 0 spiro atoms. The molecular weight excluding hydrogens is 334 g/mol. The summed E-state index contributed by atoms with van der Waals surface area (Å²) in [6.07, 6.45) is 1.10. The van der Waals surface area contributed by atoms with E-state index in [9.17, 15) is 9.59 Å². The Morgan fingerprint density at radius 1 is 1.08 bits per heavy atom. The highest BCUT2D eigenvalue weighted by Gasteiger charge is 2.38. The van der Waals surface area contributed by atoms with Crippen molar-refractivity contribution in [2.75, 3.05) is 45.9 Å². The first-order valence-electron chi connectivity index (χ1n) is 9.28. The first-order chi connectivity index (χ1) is 12.7. The highest BCUT2D eigenvalue weighted by atomic mass is 16.6. The molecule has 1 unspecified atom stereocenters. The van der Waals surface area contributed by atoms with Gasteiger partial charge < -0.3 is 14.7 Å². The number of aliphatic hydroxyl groups is 1. The molecular formula is C19H27N3O4. The smallest absolute Gasteiger partial charge is 0.410 e. The average molecular weight is 361 g/mol. The average Bonchev–Trinajstić information content (AvgIpc) is 3.17. The fourth-order valence-corrected chi connectivity index (χ4v) is 3.59. The van der Waals surface area contributed by atoms with Gasteiger partial charge in [0, 0.05) is 39.3 Å². The highest BCUT2D eigenvalue weighted by Crippen LogP contribution is 2.21. The fraction of sp³-hybridized carbons (Fsp3) is 0.579. The van der Waals surface area contributed by atoms with E-state index in [1.807, 2.05) is 35.2 Å². The monoisotopic (exact) mass is 361 g/mol. The van der Waals surface area contributed by atoms with Crippen LogP contribution in [-0.4, -0.2) is 83.7 Å². The first kappa shape index (κ1) is 18.7. The Hall–Kier alpha value is -2.12. The summed E-state index contributed by atoms with van der Waals surface area (Å²) in [5.41, 5.74) is 0.933. The van der Waals surface area contributed by atoms with E-state index >= 15 is 0 Å². The number of aliphatic hydroxyl groups excluding tert-OH is 1. The largest absolute Gasteiger partial charge is 0.445 e. The molecule has 1 atom stereocenters. The zero-order valence-corrected chi connectivity index (χ0v) is 15.0. The molecule has 7 heteroatoms. The van der Waals surface area contributed by atoms with Crippen LogP contribution in [-0.2, 0) is 16.1 Å². The zero-order valence-electron chi connectivity index (χ0n) is 15.0. The van der Waals surface area contributed by atoms with Crippen LogP contribution in [0.25, 0.3) is 0 Å². The molecule has 2 aliphatic heterocycles. The summed E-state index contributed by atoms with van der Waals surface area (Å²) in [6, 6.07) is 9.13. The molecule has 2 amide bonds. The van der Waals surface area contributed by atoms with Crippen molar-refractivity contribution >= 4 is 12.0 Å². The SMILES string of the molecule is O=C(C1CCCN1C(=O)OCc1ccccc1)N1CCN(CCO)CC1. The quantitative estimate of drug-likeness (QED) is 0.844. The number of piperazine rings is 1. The second-order valence-electron chi connectivity index (χ2n) is 6.78. The third-order valence-electron chi connectivity index (χ3n) is 5.08. The van der Waals surface area contributed by atoms with Gasteiger partial charge in [-0.05, 0) is 18.4 Å². The minimum atomic E-state index is -0.414. The molecule has 0 bridgehead atoms. The Morgan fingerprint density at radius 3 is 2.50 bits per heavy atom. The van der Waals surface area contributed by atoms with Gasteiger partial charge in [0.25, 0.3) is 0 Å². The van der Waals surface area contributed by atoms with Gasteiger partial charge in [0.1, 0.15) is 12.6 Å². The Bertz CT molecular complexity index is 602. The lowest BCUT2D eigenvalue weighted by Gasteiger charge is -2.36. The van der Waals surface area contributed by atoms with Crippen LogP contribution in [0.15, 0.2) is 30.3 Å². The molecule has 2 fully saturated rings. The molecule has 1 aromatic carbocycles. The third-order valence-corrected chi connectivity index (χ3v) is 5.08. The van der Waals surface area contributed by atoms with E-state index in [0.29, 0.717) is 32.6 Å². The van der Waals surface area contributed by atoms with Crippen molar-refractivity contribution in [3.05, 3.63) is 35.9 Å². The Kier molecular flexibility index (Phi) is 6.46. The maximum atomic E-state index is 12.9. The van der Waals surface area contributed by atoms with Gasteiger partial charge >= 0.3 is 6.09 Å². The molecule has 2 saturated heterocycles. The van der Waals surface area contributed by atoms with Crippen molar-refractivity contribution in [1.82, 2.24) is 14.7 Å². The van der Waals surface area contributed by atoms with Gasteiger partial charge in [-0.25, -0.2) is 4.79 Å². The fourth-order valence-electron chi connectivity index (χ4n) is 3.59. The summed E-state index contributed by atoms with van der Waals surface area (Å²) < 4.78 is 5.41. The number of hydrogen-bond donors (Lipinski definition) is 1. The molecule has 0 saturated carbocycles. The molecule has 0 radical (unpaired) electrons. The Morgan fingerprint density at radius 2 is 1.81 bits per heavy atom. The lowest BCUT2D eigenvalue weighted by Crippen LogP contribution is -2.54. The van der Waals surface area contributed by atoms with Crippen LogP contribution in [0.5, 0.6) is 0 Å². The van der Waals surface area contributed by atoms with Gasteiger partial charge in [-0.2, -0.15) is 0 Å². The van der Waals surface area contributed by atoms with Gasteiger partial charge in [-0.3, -0.25) is 14.6 Å². The van der Waals surface area contributed by atoms with E-state index in [1.54, 1.807) is 4.90 Å². The van der Waals surface area contributed by atoms with Crippen LogP contribution in [0.4, 0.5) is 4.79 Å². The summed E-state index contributed by atoms with van der Waals surface area (Å²) in [6.45, 7) is 4.37. The van der Waals surface area contributed by atoms with E-state index in [-0.39, 0.29) is 19.1 Å². The highest BCUT2D eigenvalue weighted by molar-refractivity contribution is 5.86. The number of carbonyl (C=O) groups is 2. The van der Waals surface area contributed by atoms with Gasteiger partial charge in [-0.15, -0.1) is 0 Å². The van der Waals surface area contributed by atoms with Crippen molar-refractivity contribution in [2.24, 2.45) is 0 Å². The topological polar surface area (TPSA) is 73.3 Å². The lowest BCUT2D eigenvalue weighted by molar-refractivity contribution is -0.137. The Labute approximate surface area is 154 Å². The number of β-amino-alcohol motifs (C(OH)–C–C–N with tert-alkyl or cyclic N) is 1. The third kappa shape index (κ3) is 4.53. The standard InChI is InChI=1S/C19H27N3O4/c23-14-13-20-9-11-21(12-10-20)18(24)17-7-4-8-22(17)19(25)26-15-16-5-2-1-3-6-16/h1-3,5-6,17,23H,4,7-15H2. The number of hydrogen-bond acceptors (Lipinski definition) is 5. The molecule has 2 heterocycles. The first-order valence-corrected chi connectivity index (χ1v) is 9.28. The second kappa shape index (κ2) is 9.00. The van der Waals surface area contributed by atoms with E-state index in [4.69, 9.17) is 9.84 Å². The summed E-state index contributed by atoms with van der Waals surface area (Å²) in [5, 5.41) is 9.01. The van der Waals surface area contributed by atoms with Crippen molar-refractivity contribution in [1.29, 1.82) is 0 Å². The molecule has 0 aromatic heterocycles. The molecule has 1 aromatic rings. The van der Waals surface area contributed by atoms with E-state index in [1.165, 1.54) is 0 Å². The van der Waals surface area contributed by atoms with Crippen LogP contribution < -0.4 is 0 Å². The molecule has 0 aliphatic carbocycles. The second-order valence-corrected chi connectivity index (χ2v) is 6.78. The molecule has 142 valence electrons. The number of ether oxygens (including phenoxy) is 1. The predicted molar refractivity (Wildman–Crippen MR) is 96.5 cm³/mol. The number of rotatable bonds is 5. The van der Waals surface area contributed by atoms with E-state index < -0.39 is 12.1 Å². The predicted octanol–water partition coefficient (Wildman–Crippen LogP) is 0.924. The molecule has 2 aliphatic rings. The summed E-state index contributed by atoms with van der Waals surface area (Å²) in [7, 11) is 0. The van der Waals surface area contributed by atoms with Gasteiger partial charge in [0.15, 0.2) is 0 Å². The molecule has 1 N–H and O–H groups in total. The maximum absolute atomic E-state index is 12.9. The van der Waals surface area contributed by atoms with Gasteiger partial charge in [0.05, 0.1) is 6.61 Å². The molecule has 3 rings (SSSR count). The van der Waals surface area contributed by atoms with Crippen molar-refractivity contribution in [3.8, 4) is 0 Å². The summed E-state index contributed by atoms with van der Waals surface area (Å²) >= 11 is 0. The van der Waals surface area contributed by atoms with Gasteiger partial charge in [0.2, 0.25) is 5.91 Å². The molecule has 7 nitrogen and oxygen atoms in total. The van der Waals surface area contributed by atoms with Crippen molar-refractivity contribution in [2.45, 2.75) is 25.5 Å². The molecule has 26 heavy (non-hydrogen) atoms. The van der Waals surface area contributed by atoms with Gasteiger partial charge in [-0.1, -0.05) is 30.3 Å². The number of carbonyl (C=O) groups excluding carboxylic acids is 2. The van der Waals surface area contributed by atoms with Crippen molar-refractivity contribution < 1.29 is 19.4 Å². The van der Waals surface area contributed by atoms with Crippen LogP contribution in [0.3, 0.4) is 0 Å². The van der Waals surface area contributed by atoms with Crippen LogP contribution in [0, 0.1) is 0 Å². The summed E-state index contributed by atoms with van der Waals surface area (Å²) in [5.74, 6) is 0.0165. The van der Waals surface area contributed by atoms with Crippen LogP contribution in [0.1, 0.15) is 18.4 Å². The maximum Gasteiger partial charge on any atom is 0.410 e. The number of nitrogens with zero attached hydrogens (tertiary/aromatic N) is 3. The lowest BCUT2D eigenvalue weighted by atomic mass is 10.1. The van der Waals surface area contributed by atoms with Crippen molar-refractivity contribution in [3.63, 3.8) is 0 Å². The van der Waals surface area contributed by atoms with Crippen LogP contribution >= 0.6 is 0 Å². The minimum Gasteiger partial charge on any atom is -0.445 e.